The molecule has 2 rings (SSSR count). The Morgan fingerprint density at radius 1 is 1.17 bits per heavy atom. The molecule has 0 atom stereocenters. The van der Waals surface area contributed by atoms with Crippen molar-refractivity contribution in [3.05, 3.63) is 53.6 Å². The van der Waals surface area contributed by atoms with Crippen molar-refractivity contribution in [1.29, 1.82) is 0 Å². The number of hydrogen-bond donors (Lipinski definition) is 1. The monoisotopic (exact) mass is 244 g/mol. The highest BCUT2D eigenvalue weighted by molar-refractivity contribution is 5.62. The third-order valence-corrected chi connectivity index (χ3v) is 2.86. The number of aryl methyl sites for hydroxylation is 1. The fourth-order valence-corrected chi connectivity index (χ4v) is 1.77. The molecule has 2 nitrogen and oxygen atoms in total. The Labute approximate surface area is 107 Å². The first-order valence-electron chi connectivity index (χ1n) is 6.13. The highest BCUT2D eigenvalue weighted by Crippen LogP contribution is 2.21. The number of rotatable bonds is 4. The van der Waals surface area contributed by atoms with Crippen molar-refractivity contribution in [2.24, 2.45) is 0 Å². The van der Waals surface area contributed by atoms with Gasteiger partial charge < -0.3 is 5.32 Å². The molecule has 0 bridgehead atoms. The van der Waals surface area contributed by atoms with E-state index in [4.69, 9.17) is 0 Å². The molecule has 0 saturated heterocycles. The van der Waals surface area contributed by atoms with Crippen LogP contribution in [0.3, 0.4) is 0 Å². The Hall–Kier alpha value is -1.74. The molecule has 1 aromatic heterocycles. The lowest BCUT2D eigenvalue weighted by Crippen LogP contribution is -2.12. The van der Waals surface area contributed by atoms with Crippen LogP contribution in [0.5, 0.6) is 0 Å². The smallest absolute Gasteiger partial charge is 0.128 e. The van der Waals surface area contributed by atoms with Crippen molar-refractivity contribution in [3.63, 3.8) is 0 Å². The number of halogens is 1. The second-order valence-electron chi connectivity index (χ2n) is 4.27. The minimum absolute atomic E-state index is 0.172. The molecule has 1 heterocycles. The van der Waals surface area contributed by atoms with Crippen LogP contribution in [0.25, 0.3) is 11.1 Å². The van der Waals surface area contributed by atoms with Crippen molar-refractivity contribution >= 4 is 0 Å². The van der Waals surface area contributed by atoms with Gasteiger partial charge in [0.05, 0.1) is 0 Å². The van der Waals surface area contributed by atoms with Crippen molar-refractivity contribution in [2.75, 3.05) is 6.54 Å². The summed E-state index contributed by atoms with van der Waals surface area (Å²) in [6, 6.07) is 9.22. The molecule has 18 heavy (non-hydrogen) atoms. The zero-order chi connectivity index (χ0) is 13.0. The van der Waals surface area contributed by atoms with Gasteiger partial charge >= 0.3 is 0 Å². The van der Waals surface area contributed by atoms with E-state index in [0.29, 0.717) is 12.1 Å². The summed E-state index contributed by atoms with van der Waals surface area (Å²) in [7, 11) is 0. The Morgan fingerprint density at radius 3 is 2.56 bits per heavy atom. The molecule has 1 N–H and O–H groups in total. The summed E-state index contributed by atoms with van der Waals surface area (Å²) in [6.07, 6.45) is 1.77. The molecule has 3 heteroatoms. The van der Waals surface area contributed by atoms with E-state index >= 15 is 0 Å². The average Bonchev–Trinajstić information content (AvgIpc) is 2.38. The molecule has 0 aliphatic rings. The van der Waals surface area contributed by atoms with Crippen LogP contribution in [0.4, 0.5) is 4.39 Å². The van der Waals surface area contributed by atoms with Crippen LogP contribution in [-0.4, -0.2) is 11.5 Å². The molecule has 0 saturated carbocycles. The van der Waals surface area contributed by atoms with Gasteiger partial charge in [0.25, 0.3) is 0 Å². The lowest BCUT2D eigenvalue weighted by molar-refractivity contribution is 0.594. The molecule has 94 valence electrons. The first kappa shape index (κ1) is 12.7. The van der Waals surface area contributed by atoms with E-state index < -0.39 is 0 Å². The summed E-state index contributed by atoms with van der Waals surface area (Å²) in [5.74, 6) is -0.172. The highest BCUT2D eigenvalue weighted by atomic mass is 19.1. The van der Waals surface area contributed by atoms with Crippen molar-refractivity contribution in [1.82, 2.24) is 10.3 Å². The molecule has 0 fully saturated rings. The molecule has 1 aromatic carbocycles. The van der Waals surface area contributed by atoms with Crippen LogP contribution in [0.2, 0.25) is 0 Å². The number of aromatic nitrogens is 1. The van der Waals surface area contributed by atoms with Gasteiger partial charge in [-0.3, -0.25) is 4.98 Å². The van der Waals surface area contributed by atoms with E-state index in [-0.39, 0.29) is 5.82 Å². The zero-order valence-corrected chi connectivity index (χ0v) is 10.7. The fourth-order valence-electron chi connectivity index (χ4n) is 1.77. The van der Waals surface area contributed by atoms with Crippen LogP contribution < -0.4 is 5.32 Å². The van der Waals surface area contributed by atoms with E-state index in [2.05, 4.69) is 10.3 Å². The summed E-state index contributed by atoms with van der Waals surface area (Å²) < 4.78 is 13.9. The lowest BCUT2D eigenvalue weighted by Gasteiger charge is -2.07. The quantitative estimate of drug-likeness (QED) is 0.892. The minimum atomic E-state index is -0.172. The van der Waals surface area contributed by atoms with Crippen LogP contribution in [0, 0.1) is 12.7 Å². The number of benzene rings is 1. The standard InChI is InChI=1S/C15H17FN2/c1-3-17-9-14-7-6-12(8-15(14)16)13-5-4-11(2)18-10-13/h4-8,10,17H,3,9H2,1-2H3. The lowest BCUT2D eigenvalue weighted by atomic mass is 10.0. The summed E-state index contributed by atoms with van der Waals surface area (Å²) in [6.45, 7) is 5.34. The van der Waals surface area contributed by atoms with Gasteiger partial charge in [-0.15, -0.1) is 0 Å². The van der Waals surface area contributed by atoms with Gasteiger partial charge in [-0.25, -0.2) is 4.39 Å². The van der Waals surface area contributed by atoms with Gasteiger partial charge in [-0.1, -0.05) is 25.1 Å². The summed E-state index contributed by atoms with van der Waals surface area (Å²) >= 11 is 0. The zero-order valence-electron chi connectivity index (χ0n) is 10.7. The van der Waals surface area contributed by atoms with Gasteiger partial charge in [0.1, 0.15) is 5.82 Å². The maximum atomic E-state index is 13.9. The molecular formula is C15H17FN2. The van der Waals surface area contributed by atoms with E-state index in [0.717, 1.165) is 23.4 Å². The summed E-state index contributed by atoms with van der Waals surface area (Å²) in [4.78, 5) is 4.22. The third-order valence-electron chi connectivity index (χ3n) is 2.86. The van der Waals surface area contributed by atoms with Gasteiger partial charge in [-0.2, -0.15) is 0 Å². The van der Waals surface area contributed by atoms with E-state index in [1.807, 2.05) is 38.1 Å². The van der Waals surface area contributed by atoms with Crippen LogP contribution >= 0.6 is 0 Å². The molecule has 0 aliphatic heterocycles. The molecule has 0 unspecified atom stereocenters. The molecule has 0 aliphatic carbocycles. The fraction of sp³-hybridized carbons (Fsp3) is 0.267. The normalized spacial score (nSPS) is 10.6. The van der Waals surface area contributed by atoms with Gasteiger partial charge in [-0.05, 0) is 31.2 Å². The third kappa shape index (κ3) is 2.93. The van der Waals surface area contributed by atoms with E-state index in [1.54, 1.807) is 12.3 Å². The summed E-state index contributed by atoms with van der Waals surface area (Å²) in [5.41, 5.74) is 3.46. The Bertz CT molecular complexity index is 521. The Morgan fingerprint density at radius 2 is 1.94 bits per heavy atom. The van der Waals surface area contributed by atoms with Crippen molar-refractivity contribution in [2.45, 2.75) is 20.4 Å². The largest absolute Gasteiger partial charge is 0.313 e. The molecule has 0 spiro atoms. The van der Waals surface area contributed by atoms with Gasteiger partial charge in [0.15, 0.2) is 0 Å². The number of pyridine rings is 1. The number of hydrogen-bond acceptors (Lipinski definition) is 2. The van der Waals surface area contributed by atoms with Gasteiger partial charge in [0, 0.05) is 29.6 Å². The van der Waals surface area contributed by atoms with Gasteiger partial charge in [0.2, 0.25) is 0 Å². The molecular weight excluding hydrogens is 227 g/mol. The minimum Gasteiger partial charge on any atom is -0.313 e. The summed E-state index contributed by atoms with van der Waals surface area (Å²) in [5, 5.41) is 3.12. The molecule has 0 radical (unpaired) electrons. The molecule has 0 amide bonds. The van der Waals surface area contributed by atoms with E-state index in [1.165, 1.54) is 0 Å². The van der Waals surface area contributed by atoms with Crippen molar-refractivity contribution in [3.8, 4) is 11.1 Å². The Kier molecular flexibility index (Phi) is 4.05. The molecule has 2 aromatic rings. The average molecular weight is 244 g/mol. The number of nitrogens with one attached hydrogen (secondary N) is 1. The first-order valence-corrected chi connectivity index (χ1v) is 6.13. The maximum Gasteiger partial charge on any atom is 0.128 e. The SMILES string of the molecule is CCNCc1ccc(-c2ccc(C)nc2)cc1F. The second kappa shape index (κ2) is 5.74. The maximum absolute atomic E-state index is 13.9. The van der Waals surface area contributed by atoms with Crippen LogP contribution in [0.1, 0.15) is 18.2 Å². The topological polar surface area (TPSA) is 24.9 Å². The number of nitrogens with zero attached hydrogens (tertiary/aromatic N) is 1. The first-order chi connectivity index (χ1) is 8.70. The van der Waals surface area contributed by atoms with Crippen molar-refractivity contribution < 1.29 is 4.39 Å². The van der Waals surface area contributed by atoms with E-state index in [9.17, 15) is 4.39 Å². The predicted octanol–water partition coefficient (Wildman–Crippen LogP) is 3.31. The predicted molar refractivity (Wildman–Crippen MR) is 71.7 cm³/mol. The second-order valence-corrected chi connectivity index (χ2v) is 4.27. The van der Waals surface area contributed by atoms with Crippen LogP contribution in [-0.2, 0) is 6.54 Å². The Balaban J connectivity index is 2.25. The highest BCUT2D eigenvalue weighted by Gasteiger charge is 2.05. The van der Waals surface area contributed by atoms with Crippen LogP contribution in [0.15, 0.2) is 36.5 Å².